The van der Waals surface area contributed by atoms with Crippen LogP contribution in [-0.4, -0.2) is 24.9 Å². The third kappa shape index (κ3) is 3.37. The highest BCUT2D eigenvalue weighted by molar-refractivity contribution is 7.89. The van der Waals surface area contributed by atoms with E-state index < -0.39 is 10.0 Å². The molecule has 0 spiro atoms. The van der Waals surface area contributed by atoms with E-state index in [0.29, 0.717) is 5.02 Å². The van der Waals surface area contributed by atoms with Crippen LogP contribution < -0.4 is 0 Å². The van der Waals surface area contributed by atoms with Gasteiger partial charge in [-0.3, -0.25) is 0 Å². The van der Waals surface area contributed by atoms with Crippen LogP contribution in [0.25, 0.3) is 0 Å². The summed E-state index contributed by atoms with van der Waals surface area (Å²) in [6, 6.07) is 12.2. The number of hydrogen-bond donors (Lipinski definition) is 1. The van der Waals surface area contributed by atoms with E-state index in [1.54, 1.807) is 25.1 Å². The topological polar surface area (TPSA) is 57.6 Å². The van der Waals surface area contributed by atoms with Crippen LogP contribution in [0, 0.1) is 0 Å². The number of phenols is 1. The van der Waals surface area contributed by atoms with Crippen LogP contribution in [0.3, 0.4) is 0 Å². The van der Waals surface area contributed by atoms with Crippen molar-refractivity contribution < 1.29 is 13.5 Å². The second-order valence-corrected chi connectivity index (χ2v) is 7.18. The lowest BCUT2D eigenvalue weighted by Gasteiger charge is -2.24. The van der Waals surface area contributed by atoms with Crippen molar-refractivity contribution in [2.45, 2.75) is 17.9 Å². The van der Waals surface area contributed by atoms with Crippen LogP contribution >= 0.6 is 11.6 Å². The molecule has 4 nitrogen and oxygen atoms in total. The predicted octanol–water partition coefficient (Wildman–Crippen LogP) is 3.43. The maximum absolute atomic E-state index is 12.6. The Hall–Kier alpha value is -1.56. The van der Waals surface area contributed by atoms with E-state index in [4.69, 9.17) is 11.6 Å². The van der Waals surface area contributed by atoms with Gasteiger partial charge < -0.3 is 5.11 Å². The van der Waals surface area contributed by atoms with Gasteiger partial charge in [0.2, 0.25) is 10.0 Å². The number of nitrogens with zero attached hydrogens (tertiary/aromatic N) is 1. The van der Waals surface area contributed by atoms with Crippen molar-refractivity contribution in [3.63, 3.8) is 0 Å². The second-order valence-electron chi connectivity index (χ2n) is 4.75. The number of hydrogen-bond acceptors (Lipinski definition) is 3. The molecule has 0 aromatic heterocycles. The average Bonchev–Trinajstić information content (AvgIpc) is 2.46. The van der Waals surface area contributed by atoms with Crippen molar-refractivity contribution in [1.29, 1.82) is 0 Å². The maximum atomic E-state index is 12.6. The fourth-order valence-corrected chi connectivity index (χ4v) is 3.52. The summed E-state index contributed by atoms with van der Waals surface area (Å²) < 4.78 is 26.4. The molecule has 0 fully saturated rings. The third-order valence-corrected chi connectivity index (χ3v) is 5.57. The van der Waals surface area contributed by atoms with Crippen molar-refractivity contribution in [2.24, 2.45) is 0 Å². The highest BCUT2D eigenvalue weighted by Crippen LogP contribution is 2.27. The van der Waals surface area contributed by atoms with Gasteiger partial charge in [-0.15, -0.1) is 0 Å². The normalized spacial score (nSPS) is 13.3. The van der Waals surface area contributed by atoms with Gasteiger partial charge in [0.25, 0.3) is 0 Å². The molecule has 21 heavy (non-hydrogen) atoms. The Morgan fingerprint density at radius 2 is 1.76 bits per heavy atom. The Morgan fingerprint density at radius 3 is 2.33 bits per heavy atom. The van der Waals surface area contributed by atoms with Gasteiger partial charge in [0.15, 0.2) is 0 Å². The summed E-state index contributed by atoms with van der Waals surface area (Å²) in [5.41, 5.74) is 0.812. The van der Waals surface area contributed by atoms with E-state index in [9.17, 15) is 13.5 Å². The van der Waals surface area contributed by atoms with Crippen LogP contribution in [0.2, 0.25) is 5.02 Å². The largest absolute Gasteiger partial charge is 0.508 e. The van der Waals surface area contributed by atoms with Crippen molar-refractivity contribution >= 4 is 21.6 Å². The van der Waals surface area contributed by atoms with E-state index in [2.05, 4.69) is 0 Å². The molecule has 0 bridgehead atoms. The van der Waals surface area contributed by atoms with Crippen LogP contribution in [0.5, 0.6) is 5.75 Å². The molecule has 0 aliphatic carbocycles. The first-order chi connectivity index (χ1) is 9.82. The molecular weight excluding hydrogens is 310 g/mol. The van der Waals surface area contributed by atoms with Gasteiger partial charge in [-0.05, 0) is 48.9 Å². The smallest absolute Gasteiger partial charge is 0.243 e. The number of benzene rings is 2. The summed E-state index contributed by atoms with van der Waals surface area (Å²) in [5.74, 6) is 0.0273. The Balaban J connectivity index is 2.33. The van der Waals surface area contributed by atoms with Crippen molar-refractivity contribution in [3.05, 3.63) is 59.1 Å². The van der Waals surface area contributed by atoms with E-state index in [1.807, 2.05) is 6.07 Å². The van der Waals surface area contributed by atoms with Gasteiger partial charge in [-0.1, -0.05) is 23.7 Å². The van der Waals surface area contributed by atoms with Gasteiger partial charge >= 0.3 is 0 Å². The molecule has 2 rings (SSSR count). The molecule has 0 saturated carbocycles. The summed E-state index contributed by atoms with van der Waals surface area (Å²) in [5, 5.41) is 9.82. The Labute approximate surface area is 129 Å². The van der Waals surface area contributed by atoms with E-state index in [0.717, 1.165) is 5.56 Å². The summed E-state index contributed by atoms with van der Waals surface area (Å²) in [6.45, 7) is 1.80. The summed E-state index contributed by atoms with van der Waals surface area (Å²) in [6.07, 6.45) is 0. The minimum atomic E-state index is -3.64. The number of aromatic hydroxyl groups is 1. The minimum absolute atomic E-state index is 0.0273. The quantitative estimate of drug-likeness (QED) is 0.937. The lowest BCUT2D eigenvalue weighted by Crippen LogP contribution is -2.29. The van der Waals surface area contributed by atoms with Gasteiger partial charge in [0.1, 0.15) is 5.75 Å². The molecule has 0 aliphatic rings. The van der Waals surface area contributed by atoms with Gasteiger partial charge in [0, 0.05) is 18.1 Å². The number of halogens is 1. The fourth-order valence-electron chi connectivity index (χ4n) is 1.97. The first-order valence-electron chi connectivity index (χ1n) is 6.35. The van der Waals surface area contributed by atoms with Crippen LogP contribution in [0.15, 0.2) is 53.4 Å². The van der Waals surface area contributed by atoms with Gasteiger partial charge in [-0.2, -0.15) is 4.31 Å². The summed E-state index contributed by atoms with van der Waals surface area (Å²) in [7, 11) is -2.12. The molecule has 1 unspecified atom stereocenters. The molecule has 1 N–H and O–H groups in total. The predicted molar refractivity (Wildman–Crippen MR) is 82.9 cm³/mol. The Kier molecular flexibility index (Phi) is 4.56. The SMILES string of the molecule is CC(c1cccc(Cl)c1)N(C)S(=O)(=O)c1ccc(O)cc1. The maximum Gasteiger partial charge on any atom is 0.243 e. The first kappa shape index (κ1) is 15.8. The molecule has 0 heterocycles. The second kappa shape index (κ2) is 6.05. The summed E-state index contributed by atoms with van der Waals surface area (Å²) in [4.78, 5) is 0.136. The van der Waals surface area contributed by atoms with E-state index in [-0.39, 0.29) is 16.7 Å². The monoisotopic (exact) mass is 325 g/mol. The Bertz CT molecular complexity index is 729. The highest BCUT2D eigenvalue weighted by atomic mass is 35.5. The fraction of sp³-hybridized carbons (Fsp3) is 0.200. The lowest BCUT2D eigenvalue weighted by atomic mass is 10.1. The van der Waals surface area contributed by atoms with E-state index >= 15 is 0 Å². The van der Waals surface area contributed by atoms with Gasteiger partial charge in [-0.25, -0.2) is 8.42 Å². The molecule has 0 saturated heterocycles. The lowest BCUT2D eigenvalue weighted by molar-refractivity contribution is 0.398. The Morgan fingerprint density at radius 1 is 1.14 bits per heavy atom. The zero-order valence-corrected chi connectivity index (χ0v) is 13.3. The molecule has 1 atom stereocenters. The van der Waals surface area contributed by atoms with Crippen LogP contribution in [0.1, 0.15) is 18.5 Å². The van der Waals surface area contributed by atoms with Crippen molar-refractivity contribution in [3.8, 4) is 5.75 Å². The summed E-state index contributed by atoms with van der Waals surface area (Å²) >= 11 is 5.95. The molecule has 0 amide bonds. The zero-order chi connectivity index (χ0) is 15.6. The van der Waals surface area contributed by atoms with Crippen LogP contribution in [-0.2, 0) is 10.0 Å². The zero-order valence-electron chi connectivity index (χ0n) is 11.7. The number of phenolic OH excluding ortho intramolecular Hbond substituents is 1. The van der Waals surface area contributed by atoms with E-state index in [1.165, 1.54) is 35.6 Å². The van der Waals surface area contributed by atoms with Gasteiger partial charge in [0.05, 0.1) is 4.90 Å². The molecule has 112 valence electrons. The first-order valence-corrected chi connectivity index (χ1v) is 8.16. The molecule has 6 heteroatoms. The number of sulfonamides is 1. The average molecular weight is 326 g/mol. The molecule has 2 aromatic rings. The van der Waals surface area contributed by atoms with Crippen LogP contribution in [0.4, 0.5) is 0 Å². The number of rotatable bonds is 4. The van der Waals surface area contributed by atoms with Crippen molar-refractivity contribution in [1.82, 2.24) is 4.31 Å². The molecule has 2 aromatic carbocycles. The minimum Gasteiger partial charge on any atom is -0.508 e. The molecule has 0 aliphatic heterocycles. The third-order valence-electron chi connectivity index (χ3n) is 3.39. The standard InChI is InChI=1S/C15H16ClNO3S/c1-11(12-4-3-5-13(16)10-12)17(2)21(19,20)15-8-6-14(18)7-9-15/h3-11,18H,1-2H3. The van der Waals surface area contributed by atoms with Crippen molar-refractivity contribution in [2.75, 3.05) is 7.05 Å². The molecule has 0 radical (unpaired) electrons. The highest BCUT2D eigenvalue weighted by Gasteiger charge is 2.26. The molecular formula is C15H16ClNO3S.